The maximum absolute atomic E-state index is 8.91. The van der Waals surface area contributed by atoms with Crippen molar-refractivity contribution < 1.29 is 9.84 Å². The predicted molar refractivity (Wildman–Crippen MR) is 66.5 cm³/mol. The zero-order valence-corrected chi connectivity index (χ0v) is 9.71. The number of rotatable bonds is 5. The molecule has 18 heavy (non-hydrogen) atoms. The van der Waals surface area contributed by atoms with Crippen LogP contribution in [0.15, 0.2) is 36.7 Å². The second-order valence-electron chi connectivity index (χ2n) is 3.63. The number of anilines is 1. The van der Waals surface area contributed by atoms with Crippen LogP contribution in [0.5, 0.6) is 5.75 Å². The molecule has 2 aromatic rings. The molecule has 0 aliphatic rings. The number of hydrazine groups is 1. The Balaban J connectivity index is 1.93. The van der Waals surface area contributed by atoms with Crippen LogP contribution in [0.25, 0.3) is 0 Å². The van der Waals surface area contributed by atoms with Gasteiger partial charge in [-0.1, -0.05) is 12.1 Å². The van der Waals surface area contributed by atoms with Crippen molar-refractivity contribution in [1.29, 1.82) is 0 Å². The van der Waals surface area contributed by atoms with Crippen molar-refractivity contribution >= 4 is 5.82 Å². The van der Waals surface area contributed by atoms with Gasteiger partial charge in [0, 0.05) is 0 Å². The maximum atomic E-state index is 8.91. The normalized spacial score (nSPS) is 10.1. The SMILES string of the molecule is NNc1cnc(COc2ccc(CO)cc2)cn1. The molecule has 6 nitrogen and oxygen atoms in total. The van der Waals surface area contributed by atoms with Crippen LogP contribution >= 0.6 is 0 Å². The largest absolute Gasteiger partial charge is 0.487 e. The van der Waals surface area contributed by atoms with Crippen molar-refractivity contribution in [3.05, 3.63) is 47.9 Å². The lowest BCUT2D eigenvalue weighted by atomic mass is 10.2. The molecule has 1 aromatic carbocycles. The summed E-state index contributed by atoms with van der Waals surface area (Å²) in [6.45, 7) is 0.357. The number of hydrogen-bond donors (Lipinski definition) is 3. The highest BCUT2D eigenvalue weighted by Crippen LogP contribution is 2.13. The summed E-state index contributed by atoms with van der Waals surface area (Å²) in [5, 5.41) is 8.91. The number of nitrogens with two attached hydrogens (primary N) is 1. The third-order valence-electron chi connectivity index (χ3n) is 2.35. The number of aromatic nitrogens is 2. The molecule has 0 radical (unpaired) electrons. The quantitative estimate of drug-likeness (QED) is 0.534. The fourth-order valence-corrected chi connectivity index (χ4v) is 1.35. The average Bonchev–Trinajstić information content (AvgIpc) is 2.46. The zero-order valence-electron chi connectivity index (χ0n) is 9.71. The standard InChI is InChI=1S/C12H14N4O2/c13-16-12-6-14-10(5-15-12)8-18-11-3-1-9(7-17)2-4-11/h1-6,17H,7-8,13H2,(H,15,16). The molecule has 0 fully saturated rings. The minimum absolute atomic E-state index is 0.0271. The molecule has 0 aliphatic heterocycles. The summed E-state index contributed by atoms with van der Waals surface area (Å²) in [7, 11) is 0. The van der Waals surface area contributed by atoms with E-state index in [0.717, 1.165) is 11.3 Å². The number of aliphatic hydroxyl groups excluding tert-OH is 1. The Morgan fingerprint density at radius 2 is 1.94 bits per heavy atom. The van der Waals surface area contributed by atoms with E-state index in [4.69, 9.17) is 15.7 Å². The van der Waals surface area contributed by atoms with Gasteiger partial charge in [-0.2, -0.15) is 0 Å². The Kier molecular flexibility index (Phi) is 4.06. The van der Waals surface area contributed by atoms with Crippen LogP contribution in [0.3, 0.4) is 0 Å². The second kappa shape index (κ2) is 5.95. The maximum Gasteiger partial charge on any atom is 0.158 e. The Labute approximate surface area is 104 Å². The molecule has 4 N–H and O–H groups in total. The molecular formula is C12H14N4O2. The molecule has 2 rings (SSSR count). The Hall–Kier alpha value is -2.18. The molecule has 94 valence electrons. The van der Waals surface area contributed by atoms with Gasteiger partial charge in [-0.25, -0.2) is 10.8 Å². The van der Waals surface area contributed by atoms with Gasteiger partial charge in [0.2, 0.25) is 0 Å². The molecule has 6 heteroatoms. The van der Waals surface area contributed by atoms with E-state index >= 15 is 0 Å². The number of benzene rings is 1. The number of aliphatic hydroxyl groups is 1. The molecule has 0 aliphatic carbocycles. The van der Waals surface area contributed by atoms with Gasteiger partial charge in [0.25, 0.3) is 0 Å². The molecule has 1 heterocycles. The first kappa shape index (κ1) is 12.3. The van der Waals surface area contributed by atoms with Crippen molar-refractivity contribution in [2.24, 2.45) is 5.84 Å². The Morgan fingerprint density at radius 3 is 2.50 bits per heavy atom. The lowest BCUT2D eigenvalue weighted by Crippen LogP contribution is -2.09. The van der Waals surface area contributed by atoms with E-state index < -0.39 is 0 Å². The van der Waals surface area contributed by atoms with Gasteiger partial charge in [0.1, 0.15) is 12.4 Å². The topological polar surface area (TPSA) is 93.3 Å². The number of nitrogens with zero attached hydrogens (tertiary/aromatic N) is 2. The number of ether oxygens (including phenoxy) is 1. The van der Waals surface area contributed by atoms with Crippen LogP contribution in [0, 0.1) is 0 Å². The molecule has 0 saturated heterocycles. The van der Waals surface area contributed by atoms with Crippen molar-refractivity contribution in [2.75, 3.05) is 5.43 Å². The Bertz CT molecular complexity index is 437. The van der Waals surface area contributed by atoms with Crippen molar-refractivity contribution in [1.82, 2.24) is 9.97 Å². The van der Waals surface area contributed by atoms with Gasteiger partial charge in [-0.05, 0) is 17.7 Å². The predicted octanol–water partition coefficient (Wildman–Crippen LogP) is 0.834. The van der Waals surface area contributed by atoms with Gasteiger partial charge < -0.3 is 15.3 Å². The molecule has 0 amide bonds. The highest BCUT2D eigenvalue weighted by Gasteiger charge is 1.99. The van der Waals surface area contributed by atoms with Crippen LogP contribution in [-0.4, -0.2) is 15.1 Å². The number of nitrogens with one attached hydrogen (secondary N) is 1. The van der Waals surface area contributed by atoms with Gasteiger partial charge in [-0.3, -0.25) is 4.98 Å². The molecule has 0 saturated carbocycles. The van der Waals surface area contributed by atoms with E-state index in [9.17, 15) is 0 Å². The minimum Gasteiger partial charge on any atom is -0.487 e. The number of hydrogen-bond acceptors (Lipinski definition) is 6. The average molecular weight is 246 g/mol. The van der Waals surface area contributed by atoms with E-state index in [1.807, 2.05) is 12.1 Å². The van der Waals surface area contributed by atoms with Crippen molar-refractivity contribution in [2.45, 2.75) is 13.2 Å². The van der Waals surface area contributed by atoms with Gasteiger partial charge >= 0.3 is 0 Å². The summed E-state index contributed by atoms with van der Waals surface area (Å²) in [5.74, 6) is 6.41. The molecule has 0 atom stereocenters. The minimum atomic E-state index is 0.0271. The first-order valence-corrected chi connectivity index (χ1v) is 5.42. The third-order valence-corrected chi connectivity index (χ3v) is 2.35. The van der Waals surface area contributed by atoms with Crippen LogP contribution in [0.4, 0.5) is 5.82 Å². The van der Waals surface area contributed by atoms with Crippen LogP contribution in [0.1, 0.15) is 11.3 Å². The van der Waals surface area contributed by atoms with E-state index in [2.05, 4.69) is 15.4 Å². The van der Waals surface area contributed by atoms with E-state index in [0.29, 0.717) is 18.1 Å². The van der Waals surface area contributed by atoms with Gasteiger partial charge in [0.15, 0.2) is 5.82 Å². The molecule has 0 unspecified atom stereocenters. The zero-order chi connectivity index (χ0) is 12.8. The highest BCUT2D eigenvalue weighted by atomic mass is 16.5. The van der Waals surface area contributed by atoms with Gasteiger partial charge in [-0.15, -0.1) is 0 Å². The van der Waals surface area contributed by atoms with Crippen LogP contribution < -0.4 is 16.0 Å². The number of nitrogen functional groups attached to an aromatic ring is 1. The first-order chi connectivity index (χ1) is 8.81. The Morgan fingerprint density at radius 1 is 1.17 bits per heavy atom. The van der Waals surface area contributed by atoms with Gasteiger partial charge in [0.05, 0.1) is 24.7 Å². The molecular weight excluding hydrogens is 232 g/mol. The fraction of sp³-hybridized carbons (Fsp3) is 0.167. The summed E-state index contributed by atoms with van der Waals surface area (Å²) in [6, 6.07) is 7.22. The van der Waals surface area contributed by atoms with E-state index in [1.165, 1.54) is 6.20 Å². The summed E-state index contributed by atoms with van der Waals surface area (Å²) >= 11 is 0. The summed E-state index contributed by atoms with van der Waals surface area (Å²) in [4.78, 5) is 8.15. The molecule has 0 spiro atoms. The van der Waals surface area contributed by atoms with Crippen LogP contribution in [-0.2, 0) is 13.2 Å². The first-order valence-electron chi connectivity index (χ1n) is 5.42. The van der Waals surface area contributed by atoms with E-state index in [1.54, 1.807) is 18.3 Å². The third kappa shape index (κ3) is 3.16. The van der Waals surface area contributed by atoms with Crippen molar-refractivity contribution in [3.8, 4) is 5.75 Å². The fourth-order valence-electron chi connectivity index (χ4n) is 1.35. The molecule has 1 aromatic heterocycles. The van der Waals surface area contributed by atoms with E-state index in [-0.39, 0.29) is 6.61 Å². The lowest BCUT2D eigenvalue weighted by molar-refractivity contribution is 0.280. The second-order valence-corrected chi connectivity index (χ2v) is 3.63. The lowest BCUT2D eigenvalue weighted by Gasteiger charge is -2.06. The van der Waals surface area contributed by atoms with Crippen molar-refractivity contribution in [3.63, 3.8) is 0 Å². The van der Waals surface area contributed by atoms with Crippen LogP contribution in [0.2, 0.25) is 0 Å². The monoisotopic (exact) mass is 246 g/mol. The summed E-state index contributed by atoms with van der Waals surface area (Å²) in [5.41, 5.74) is 3.96. The summed E-state index contributed by atoms with van der Waals surface area (Å²) in [6.07, 6.45) is 3.13. The smallest absolute Gasteiger partial charge is 0.158 e. The molecule has 0 bridgehead atoms. The summed E-state index contributed by atoms with van der Waals surface area (Å²) < 4.78 is 5.53. The highest BCUT2D eigenvalue weighted by molar-refractivity contribution is 5.29.